The Morgan fingerprint density at radius 1 is 1.12 bits per heavy atom. The summed E-state index contributed by atoms with van der Waals surface area (Å²) >= 11 is 0. The lowest BCUT2D eigenvalue weighted by molar-refractivity contribution is -0.117. The average molecular weight is 336 g/mol. The van der Waals surface area contributed by atoms with Gasteiger partial charge >= 0.3 is 0 Å². The molecule has 0 radical (unpaired) electrons. The first-order valence-electron chi connectivity index (χ1n) is 8.65. The summed E-state index contributed by atoms with van der Waals surface area (Å²) < 4.78 is 5.63. The van der Waals surface area contributed by atoms with E-state index in [0.29, 0.717) is 18.6 Å². The van der Waals surface area contributed by atoms with Crippen LogP contribution in [0.25, 0.3) is 0 Å². The highest BCUT2D eigenvalue weighted by molar-refractivity contribution is 5.97. The molecule has 5 heteroatoms. The van der Waals surface area contributed by atoms with Crippen LogP contribution in [-0.4, -0.2) is 25.0 Å². The van der Waals surface area contributed by atoms with Gasteiger partial charge in [0.1, 0.15) is 5.75 Å². The minimum atomic E-state index is -0.110. The molecule has 25 heavy (non-hydrogen) atoms. The molecule has 2 aromatic rings. The van der Waals surface area contributed by atoms with Crippen LogP contribution in [-0.2, 0) is 4.79 Å². The quantitative estimate of drug-likeness (QED) is 0.937. The van der Waals surface area contributed by atoms with E-state index in [2.05, 4.69) is 5.32 Å². The zero-order valence-electron chi connectivity index (χ0n) is 13.9. The first kappa shape index (κ1) is 15.7. The zero-order valence-corrected chi connectivity index (χ0v) is 13.9. The summed E-state index contributed by atoms with van der Waals surface area (Å²) in [5.74, 6) is 0.874. The fraction of sp³-hybridized carbons (Fsp3) is 0.300. The molecule has 2 heterocycles. The van der Waals surface area contributed by atoms with Crippen molar-refractivity contribution in [2.75, 3.05) is 18.1 Å². The molecule has 2 aliphatic rings. The van der Waals surface area contributed by atoms with Gasteiger partial charge in [0, 0.05) is 36.2 Å². The Morgan fingerprint density at radius 2 is 1.92 bits per heavy atom. The van der Waals surface area contributed by atoms with Crippen LogP contribution in [0.2, 0.25) is 0 Å². The number of carbonyl (C=O) groups is 2. The molecule has 0 bridgehead atoms. The number of fused-ring (bicyclic) bond motifs is 1. The number of hydrogen-bond acceptors (Lipinski definition) is 3. The molecule has 0 aromatic heterocycles. The number of nitrogens with zero attached hydrogens (tertiary/aromatic N) is 1. The van der Waals surface area contributed by atoms with Gasteiger partial charge in [0.2, 0.25) is 5.91 Å². The molecule has 128 valence electrons. The Balaban J connectivity index is 1.48. The van der Waals surface area contributed by atoms with Crippen molar-refractivity contribution in [3.05, 3.63) is 59.7 Å². The average Bonchev–Trinajstić information content (AvgIpc) is 3.08. The molecule has 0 aliphatic carbocycles. The fourth-order valence-electron chi connectivity index (χ4n) is 3.45. The molecule has 0 spiro atoms. The Bertz CT molecular complexity index is 801. The van der Waals surface area contributed by atoms with Crippen molar-refractivity contribution >= 4 is 17.5 Å². The number of para-hydroxylation sites is 1. The lowest BCUT2D eigenvalue weighted by atomic mass is 10.00. The van der Waals surface area contributed by atoms with Crippen molar-refractivity contribution in [2.24, 2.45) is 0 Å². The maximum Gasteiger partial charge on any atom is 0.251 e. The summed E-state index contributed by atoms with van der Waals surface area (Å²) in [4.78, 5) is 26.2. The summed E-state index contributed by atoms with van der Waals surface area (Å²) in [6, 6.07) is 15.0. The van der Waals surface area contributed by atoms with E-state index in [1.165, 1.54) is 0 Å². The monoisotopic (exact) mass is 336 g/mol. The van der Waals surface area contributed by atoms with Crippen LogP contribution in [0, 0.1) is 0 Å². The predicted octanol–water partition coefficient (Wildman–Crippen LogP) is 3.07. The number of rotatable bonds is 3. The van der Waals surface area contributed by atoms with Gasteiger partial charge in [-0.05, 0) is 36.8 Å². The van der Waals surface area contributed by atoms with Gasteiger partial charge in [0.25, 0.3) is 5.91 Å². The highest BCUT2D eigenvalue weighted by Crippen LogP contribution is 2.31. The van der Waals surface area contributed by atoms with Gasteiger partial charge in [-0.25, -0.2) is 0 Å². The number of anilines is 1. The summed E-state index contributed by atoms with van der Waals surface area (Å²) in [6.07, 6.45) is 2.25. The van der Waals surface area contributed by atoms with Crippen molar-refractivity contribution < 1.29 is 14.3 Å². The van der Waals surface area contributed by atoms with Gasteiger partial charge in [0.05, 0.1) is 12.6 Å². The molecule has 0 saturated carbocycles. The van der Waals surface area contributed by atoms with E-state index in [1.54, 1.807) is 17.0 Å². The summed E-state index contributed by atoms with van der Waals surface area (Å²) in [5.41, 5.74) is 2.47. The molecular weight excluding hydrogens is 316 g/mol. The molecule has 2 aliphatic heterocycles. The molecule has 1 saturated heterocycles. The second-order valence-corrected chi connectivity index (χ2v) is 6.40. The van der Waals surface area contributed by atoms with Crippen molar-refractivity contribution in [3.8, 4) is 5.75 Å². The minimum Gasteiger partial charge on any atom is -0.493 e. The normalized spacial score (nSPS) is 19.3. The second-order valence-electron chi connectivity index (χ2n) is 6.40. The Hall–Kier alpha value is -2.82. The van der Waals surface area contributed by atoms with Crippen LogP contribution in [0.15, 0.2) is 48.5 Å². The smallest absolute Gasteiger partial charge is 0.251 e. The first-order valence-corrected chi connectivity index (χ1v) is 8.65. The predicted molar refractivity (Wildman–Crippen MR) is 94.8 cm³/mol. The highest BCUT2D eigenvalue weighted by Gasteiger charge is 2.24. The maximum atomic E-state index is 12.6. The lowest BCUT2D eigenvalue weighted by Gasteiger charge is -2.26. The van der Waals surface area contributed by atoms with Crippen molar-refractivity contribution in [1.82, 2.24) is 5.32 Å². The molecule has 1 fully saturated rings. The molecule has 1 atom stereocenters. The van der Waals surface area contributed by atoms with E-state index in [9.17, 15) is 9.59 Å². The highest BCUT2D eigenvalue weighted by atomic mass is 16.5. The maximum absolute atomic E-state index is 12.6. The molecule has 2 aromatic carbocycles. The largest absolute Gasteiger partial charge is 0.493 e. The van der Waals surface area contributed by atoms with Crippen LogP contribution in [0.1, 0.15) is 41.2 Å². The van der Waals surface area contributed by atoms with Crippen LogP contribution < -0.4 is 15.0 Å². The molecule has 4 rings (SSSR count). The van der Waals surface area contributed by atoms with Gasteiger partial charge in [-0.3, -0.25) is 9.59 Å². The standard InChI is InChI=1S/C20H20N2O3/c23-19-6-3-12-22(19)15-9-7-14(8-10-15)20(24)21-17-11-13-25-18-5-2-1-4-16(17)18/h1-2,4-5,7-10,17H,3,6,11-13H2,(H,21,24)/t17-/m0/s1. The van der Waals surface area contributed by atoms with Crippen LogP contribution in [0.3, 0.4) is 0 Å². The number of nitrogens with one attached hydrogen (secondary N) is 1. The SMILES string of the molecule is O=C(N[C@H]1CCOc2ccccc21)c1ccc(N2CCCC2=O)cc1. The zero-order chi connectivity index (χ0) is 17.2. The molecule has 2 amide bonds. The third-order valence-electron chi connectivity index (χ3n) is 4.78. The van der Waals surface area contributed by atoms with E-state index in [0.717, 1.165) is 36.4 Å². The third kappa shape index (κ3) is 3.09. The number of benzene rings is 2. The molecule has 5 nitrogen and oxygen atoms in total. The summed E-state index contributed by atoms with van der Waals surface area (Å²) in [5, 5.41) is 3.09. The Kier molecular flexibility index (Phi) is 4.14. The van der Waals surface area contributed by atoms with Crippen LogP contribution in [0.5, 0.6) is 5.75 Å². The number of amides is 2. The van der Waals surface area contributed by atoms with Crippen molar-refractivity contribution in [3.63, 3.8) is 0 Å². The lowest BCUT2D eigenvalue weighted by Crippen LogP contribution is -2.32. The van der Waals surface area contributed by atoms with Gasteiger partial charge in [0.15, 0.2) is 0 Å². The van der Waals surface area contributed by atoms with Crippen molar-refractivity contribution in [1.29, 1.82) is 0 Å². The van der Waals surface area contributed by atoms with E-state index < -0.39 is 0 Å². The van der Waals surface area contributed by atoms with E-state index >= 15 is 0 Å². The summed E-state index contributed by atoms with van der Waals surface area (Å²) in [6.45, 7) is 1.35. The van der Waals surface area contributed by atoms with E-state index in [1.807, 2.05) is 36.4 Å². The Labute approximate surface area is 146 Å². The first-order chi connectivity index (χ1) is 12.2. The second kappa shape index (κ2) is 6.59. The fourth-order valence-corrected chi connectivity index (χ4v) is 3.45. The van der Waals surface area contributed by atoms with Crippen LogP contribution >= 0.6 is 0 Å². The van der Waals surface area contributed by atoms with Gasteiger partial charge < -0.3 is 15.0 Å². The van der Waals surface area contributed by atoms with E-state index in [4.69, 9.17) is 4.74 Å². The van der Waals surface area contributed by atoms with E-state index in [-0.39, 0.29) is 17.9 Å². The topological polar surface area (TPSA) is 58.6 Å². The Morgan fingerprint density at radius 3 is 2.68 bits per heavy atom. The molecular formula is C20H20N2O3. The molecule has 0 unspecified atom stereocenters. The summed E-state index contributed by atoms with van der Waals surface area (Å²) in [7, 11) is 0. The third-order valence-corrected chi connectivity index (χ3v) is 4.78. The number of hydrogen-bond donors (Lipinski definition) is 1. The number of ether oxygens (including phenoxy) is 1. The van der Waals surface area contributed by atoms with Gasteiger partial charge in [-0.1, -0.05) is 18.2 Å². The van der Waals surface area contributed by atoms with Crippen LogP contribution in [0.4, 0.5) is 5.69 Å². The van der Waals surface area contributed by atoms with Gasteiger partial charge in [-0.2, -0.15) is 0 Å². The van der Waals surface area contributed by atoms with Crippen molar-refractivity contribution in [2.45, 2.75) is 25.3 Å². The molecule has 1 N–H and O–H groups in total. The van der Waals surface area contributed by atoms with Gasteiger partial charge in [-0.15, -0.1) is 0 Å². The number of carbonyl (C=O) groups excluding carboxylic acids is 2. The minimum absolute atomic E-state index is 0.0442.